The van der Waals surface area contributed by atoms with E-state index in [0.717, 1.165) is 37.9 Å². The number of ether oxygens (including phenoxy) is 3. The first kappa shape index (κ1) is 26.3. The Morgan fingerprint density at radius 2 is 1.72 bits per heavy atom. The number of rotatable bonds is 7. The number of nitrogens with zero attached hydrogens (tertiary/aromatic N) is 2. The third kappa shape index (κ3) is 6.55. The third-order valence-electron chi connectivity index (χ3n) is 6.27. The summed E-state index contributed by atoms with van der Waals surface area (Å²) in [6, 6.07) is 3.86. The molecule has 32 heavy (non-hydrogen) atoms. The summed E-state index contributed by atoms with van der Waals surface area (Å²) in [4.78, 5) is 19.2. The number of aliphatic imine (C=N–C) groups is 1. The van der Waals surface area contributed by atoms with Gasteiger partial charge in [-0.3, -0.25) is 9.79 Å². The van der Waals surface area contributed by atoms with Crippen LogP contribution in [0, 0.1) is 5.92 Å². The molecule has 3 rings (SSSR count). The average molecular weight is 560 g/mol. The maximum Gasteiger partial charge on any atom is 0.225 e. The SMILES string of the molecule is CN=C(NCc1c(OC)cc(OC)cc1OC)NC1CCN(C(=O)C2CCCCC2)C1.I. The first-order valence-electron chi connectivity index (χ1n) is 11.1. The predicted octanol–water partition coefficient (Wildman–Crippen LogP) is 3.18. The lowest BCUT2D eigenvalue weighted by molar-refractivity contribution is -0.135. The van der Waals surface area contributed by atoms with Crippen molar-refractivity contribution in [2.45, 2.75) is 51.1 Å². The Hall–Kier alpha value is -1.91. The number of guanidine groups is 1. The molecule has 1 aromatic rings. The van der Waals surface area contributed by atoms with Crippen LogP contribution in [0.3, 0.4) is 0 Å². The van der Waals surface area contributed by atoms with Crippen LogP contribution in [-0.2, 0) is 11.3 Å². The van der Waals surface area contributed by atoms with Crippen molar-refractivity contribution in [1.29, 1.82) is 0 Å². The Labute approximate surface area is 208 Å². The quantitative estimate of drug-likeness (QED) is 0.303. The lowest BCUT2D eigenvalue weighted by Crippen LogP contribution is -2.45. The number of hydrogen-bond acceptors (Lipinski definition) is 5. The summed E-state index contributed by atoms with van der Waals surface area (Å²) in [6.45, 7) is 2.02. The number of nitrogens with one attached hydrogen (secondary N) is 2. The molecule has 1 aliphatic carbocycles. The van der Waals surface area contributed by atoms with E-state index < -0.39 is 0 Å². The number of hydrogen-bond donors (Lipinski definition) is 2. The Morgan fingerprint density at radius 3 is 2.28 bits per heavy atom. The van der Waals surface area contributed by atoms with E-state index in [0.29, 0.717) is 35.7 Å². The molecular weight excluding hydrogens is 523 g/mol. The van der Waals surface area contributed by atoms with Crippen molar-refractivity contribution in [1.82, 2.24) is 15.5 Å². The minimum Gasteiger partial charge on any atom is -0.496 e. The number of carbonyl (C=O) groups is 1. The Kier molecular flexibility index (Phi) is 10.7. The van der Waals surface area contributed by atoms with Crippen LogP contribution in [0.2, 0.25) is 0 Å². The zero-order valence-corrected chi connectivity index (χ0v) is 21.9. The second-order valence-corrected chi connectivity index (χ2v) is 8.19. The van der Waals surface area contributed by atoms with E-state index >= 15 is 0 Å². The lowest BCUT2D eigenvalue weighted by atomic mass is 9.88. The average Bonchev–Trinajstić information content (AvgIpc) is 3.29. The van der Waals surface area contributed by atoms with Gasteiger partial charge in [-0.15, -0.1) is 24.0 Å². The van der Waals surface area contributed by atoms with Crippen LogP contribution in [0.4, 0.5) is 0 Å². The standard InChI is InChI=1S/C23H36N4O4.HI/c1-24-23(25-14-19-20(30-3)12-18(29-2)13-21(19)31-4)26-17-10-11-27(15-17)22(28)16-8-6-5-7-9-16;/h12-13,16-17H,5-11,14-15H2,1-4H3,(H2,24,25,26);1H. The van der Waals surface area contributed by atoms with Gasteiger partial charge in [-0.05, 0) is 19.3 Å². The van der Waals surface area contributed by atoms with Crippen LogP contribution in [0.1, 0.15) is 44.1 Å². The van der Waals surface area contributed by atoms with E-state index in [4.69, 9.17) is 14.2 Å². The summed E-state index contributed by atoms with van der Waals surface area (Å²) in [7, 11) is 6.61. The molecule has 2 aliphatic rings. The van der Waals surface area contributed by atoms with Crippen molar-refractivity contribution < 1.29 is 19.0 Å². The summed E-state index contributed by atoms with van der Waals surface area (Å²) in [5, 5.41) is 6.80. The molecule has 1 heterocycles. The van der Waals surface area contributed by atoms with E-state index in [-0.39, 0.29) is 35.9 Å². The highest BCUT2D eigenvalue weighted by molar-refractivity contribution is 14.0. The van der Waals surface area contributed by atoms with Crippen LogP contribution in [0.5, 0.6) is 17.2 Å². The molecule has 1 amide bonds. The van der Waals surface area contributed by atoms with Crippen molar-refractivity contribution in [2.75, 3.05) is 41.5 Å². The zero-order chi connectivity index (χ0) is 22.2. The molecule has 2 fully saturated rings. The summed E-state index contributed by atoms with van der Waals surface area (Å²) in [6.07, 6.45) is 6.64. The van der Waals surface area contributed by atoms with Gasteiger partial charge in [0, 0.05) is 44.2 Å². The highest BCUT2D eigenvalue weighted by Gasteiger charge is 2.31. The highest BCUT2D eigenvalue weighted by Crippen LogP contribution is 2.34. The fraction of sp³-hybridized carbons (Fsp3) is 0.652. The van der Waals surface area contributed by atoms with Gasteiger partial charge in [-0.25, -0.2) is 0 Å². The van der Waals surface area contributed by atoms with Gasteiger partial charge in [0.1, 0.15) is 17.2 Å². The molecule has 1 aliphatic heterocycles. The second-order valence-electron chi connectivity index (χ2n) is 8.19. The molecule has 0 spiro atoms. The van der Waals surface area contributed by atoms with E-state index in [1.165, 1.54) is 19.3 Å². The van der Waals surface area contributed by atoms with Crippen LogP contribution in [0.25, 0.3) is 0 Å². The summed E-state index contributed by atoms with van der Waals surface area (Å²) < 4.78 is 16.4. The molecule has 1 saturated heterocycles. The number of halogens is 1. The molecular formula is C23H37IN4O4. The highest BCUT2D eigenvalue weighted by atomic mass is 127. The topological polar surface area (TPSA) is 84.4 Å². The fourth-order valence-electron chi connectivity index (χ4n) is 4.50. The first-order valence-corrected chi connectivity index (χ1v) is 11.1. The molecule has 0 aromatic heterocycles. The van der Waals surface area contributed by atoms with Gasteiger partial charge >= 0.3 is 0 Å². The fourth-order valence-corrected chi connectivity index (χ4v) is 4.50. The van der Waals surface area contributed by atoms with Crippen molar-refractivity contribution in [2.24, 2.45) is 10.9 Å². The molecule has 1 atom stereocenters. The van der Waals surface area contributed by atoms with Gasteiger partial charge in [0.25, 0.3) is 0 Å². The largest absolute Gasteiger partial charge is 0.496 e. The van der Waals surface area contributed by atoms with Crippen molar-refractivity contribution in [3.63, 3.8) is 0 Å². The van der Waals surface area contributed by atoms with Gasteiger partial charge in [-0.2, -0.15) is 0 Å². The second kappa shape index (κ2) is 13.0. The molecule has 180 valence electrons. The molecule has 1 unspecified atom stereocenters. The Balaban J connectivity index is 0.00000363. The minimum absolute atomic E-state index is 0. The van der Waals surface area contributed by atoms with E-state index in [1.807, 2.05) is 17.0 Å². The van der Waals surface area contributed by atoms with E-state index in [9.17, 15) is 4.79 Å². The summed E-state index contributed by atoms with van der Waals surface area (Å²) in [5.41, 5.74) is 0.884. The van der Waals surface area contributed by atoms with Crippen LogP contribution in [0.15, 0.2) is 17.1 Å². The van der Waals surface area contributed by atoms with E-state index in [1.54, 1.807) is 28.4 Å². The molecule has 2 N–H and O–H groups in total. The monoisotopic (exact) mass is 560 g/mol. The summed E-state index contributed by atoms with van der Waals surface area (Å²) in [5.74, 6) is 3.29. The lowest BCUT2D eigenvalue weighted by Gasteiger charge is -2.26. The van der Waals surface area contributed by atoms with Gasteiger partial charge in [0.2, 0.25) is 5.91 Å². The number of benzene rings is 1. The first-order chi connectivity index (χ1) is 15.1. The predicted molar refractivity (Wildman–Crippen MR) is 136 cm³/mol. The van der Waals surface area contributed by atoms with Gasteiger partial charge in [0.15, 0.2) is 5.96 Å². The molecule has 0 radical (unpaired) electrons. The van der Waals surface area contributed by atoms with Gasteiger partial charge in [-0.1, -0.05) is 19.3 Å². The van der Waals surface area contributed by atoms with Crippen molar-refractivity contribution in [3.05, 3.63) is 17.7 Å². The maximum atomic E-state index is 12.8. The Bertz CT molecular complexity index is 758. The van der Waals surface area contributed by atoms with Crippen molar-refractivity contribution in [3.8, 4) is 17.2 Å². The molecule has 1 saturated carbocycles. The minimum atomic E-state index is 0. The van der Waals surface area contributed by atoms with Crippen LogP contribution >= 0.6 is 24.0 Å². The maximum absolute atomic E-state index is 12.8. The smallest absolute Gasteiger partial charge is 0.225 e. The molecule has 1 aromatic carbocycles. The number of carbonyl (C=O) groups excluding carboxylic acids is 1. The molecule has 8 nitrogen and oxygen atoms in total. The number of amides is 1. The third-order valence-corrected chi connectivity index (χ3v) is 6.27. The number of likely N-dealkylation sites (tertiary alicyclic amines) is 1. The zero-order valence-electron chi connectivity index (χ0n) is 19.6. The summed E-state index contributed by atoms with van der Waals surface area (Å²) >= 11 is 0. The van der Waals surface area contributed by atoms with Crippen molar-refractivity contribution >= 4 is 35.8 Å². The van der Waals surface area contributed by atoms with E-state index in [2.05, 4.69) is 15.6 Å². The molecule has 9 heteroatoms. The van der Waals surface area contributed by atoms with Crippen LogP contribution < -0.4 is 24.8 Å². The van der Waals surface area contributed by atoms with Gasteiger partial charge in [0.05, 0.1) is 33.4 Å². The Morgan fingerprint density at radius 1 is 1.06 bits per heavy atom. The normalized spacial score (nSPS) is 19.2. The van der Waals surface area contributed by atoms with Gasteiger partial charge < -0.3 is 29.7 Å². The molecule has 0 bridgehead atoms. The van der Waals surface area contributed by atoms with Crippen LogP contribution in [-0.4, -0.2) is 64.3 Å². The number of methoxy groups -OCH3 is 3.